The van der Waals surface area contributed by atoms with Gasteiger partial charge in [-0.05, 0) is 35.9 Å². The fourth-order valence-corrected chi connectivity index (χ4v) is 3.19. The summed E-state index contributed by atoms with van der Waals surface area (Å²) in [6.07, 6.45) is 4.65. The first-order chi connectivity index (χ1) is 15.7. The molecule has 0 bridgehead atoms. The highest BCUT2D eigenvalue weighted by Gasteiger charge is 2.12. The van der Waals surface area contributed by atoms with Crippen LogP contribution in [0, 0.1) is 0 Å². The van der Waals surface area contributed by atoms with Gasteiger partial charge in [-0.3, -0.25) is 4.79 Å². The molecule has 4 rings (SSSR count). The first-order valence-electron chi connectivity index (χ1n) is 10.0. The summed E-state index contributed by atoms with van der Waals surface area (Å²) in [5.74, 6) is 0.584. The van der Waals surface area contributed by atoms with E-state index in [1.165, 1.54) is 6.08 Å². The number of carbonyl (C=O) groups is 1. The normalized spacial score (nSPS) is 10.7. The van der Waals surface area contributed by atoms with Gasteiger partial charge in [-0.1, -0.05) is 24.8 Å². The van der Waals surface area contributed by atoms with Gasteiger partial charge in [0.15, 0.2) is 5.65 Å². The number of aromatic amines is 1. The Bertz CT molecular complexity index is 1250. The van der Waals surface area contributed by atoms with Crippen molar-refractivity contribution in [2.45, 2.75) is 0 Å². The lowest BCUT2D eigenvalue weighted by molar-refractivity contribution is -0.111. The van der Waals surface area contributed by atoms with Crippen molar-refractivity contribution in [3.05, 3.63) is 73.6 Å². The van der Waals surface area contributed by atoms with Gasteiger partial charge in [0.25, 0.3) is 0 Å². The maximum atomic E-state index is 11.5. The minimum atomic E-state index is -0.292. The van der Waals surface area contributed by atoms with Gasteiger partial charge in [-0.2, -0.15) is 0 Å². The predicted molar refractivity (Wildman–Crippen MR) is 125 cm³/mol. The molecule has 0 fully saturated rings. The van der Waals surface area contributed by atoms with E-state index in [0.717, 1.165) is 23.4 Å². The van der Waals surface area contributed by atoms with Crippen molar-refractivity contribution in [2.24, 2.45) is 0 Å². The van der Waals surface area contributed by atoms with Crippen molar-refractivity contribution >= 4 is 28.4 Å². The molecule has 0 saturated carbocycles. The zero-order valence-electron chi connectivity index (χ0n) is 17.6. The Kier molecular flexibility index (Phi) is 6.43. The smallest absolute Gasteiger partial charge is 0.247 e. The van der Waals surface area contributed by atoms with Crippen molar-refractivity contribution in [3.8, 4) is 22.8 Å². The zero-order valence-corrected chi connectivity index (χ0v) is 17.6. The number of fused-ring (bicyclic) bond motifs is 1. The summed E-state index contributed by atoms with van der Waals surface area (Å²) in [6, 6.07) is 15.1. The molecule has 32 heavy (non-hydrogen) atoms. The van der Waals surface area contributed by atoms with Gasteiger partial charge in [0.1, 0.15) is 11.3 Å². The van der Waals surface area contributed by atoms with Gasteiger partial charge in [-0.15, -0.1) is 0 Å². The van der Waals surface area contributed by atoms with Crippen LogP contribution < -0.4 is 15.4 Å². The maximum absolute atomic E-state index is 11.5. The van der Waals surface area contributed by atoms with Crippen LogP contribution in [-0.4, -0.2) is 41.1 Å². The van der Waals surface area contributed by atoms with Crippen molar-refractivity contribution in [3.63, 3.8) is 0 Å². The number of benzene rings is 2. The molecule has 0 atom stereocenters. The number of rotatable bonds is 9. The molecule has 0 spiro atoms. The molecule has 0 aliphatic carbocycles. The van der Waals surface area contributed by atoms with E-state index in [1.54, 1.807) is 37.6 Å². The molecule has 3 N–H and O–H groups in total. The van der Waals surface area contributed by atoms with Crippen LogP contribution in [0.5, 0.6) is 11.6 Å². The first kappa shape index (κ1) is 21.1. The Hall–Kier alpha value is -4.17. The lowest BCUT2D eigenvalue weighted by Gasteiger charge is -2.09. The van der Waals surface area contributed by atoms with Gasteiger partial charge in [0.2, 0.25) is 11.8 Å². The molecule has 162 valence electrons. The summed E-state index contributed by atoms with van der Waals surface area (Å²) in [5.41, 5.74) is 4.87. The molecule has 1 amide bonds. The Balaban J connectivity index is 1.59. The van der Waals surface area contributed by atoms with Crippen molar-refractivity contribution < 1.29 is 14.3 Å². The Morgan fingerprint density at radius 2 is 2.03 bits per heavy atom. The number of methoxy groups -OCH3 is 1. The largest absolute Gasteiger partial charge is 0.437 e. The molecule has 2 aromatic carbocycles. The van der Waals surface area contributed by atoms with Crippen molar-refractivity contribution in [2.75, 3.05) is 30.9 Å². The topological polar surface area (TPSA) is 101 Å². The Morgan fingerprint density at radius 1 is 1.19 bits per heavy atom. The van der Waals surface area contributed by atoms with E-state index in [0.29, 0.717) is 35.1 Å². The van der Waals surface area contributed by atoms with Gasteiger partial charge in [-0.25, -0.2) is 9.97 Å². The number of carbonyl (C=O) groups excluding carboxylic acids is 1. The number of amides is 1. The number of nitrogens with one attached hydrogen (secondary N) is 3. The minimum absolute atomic E-state index is 0.292. The third-order valence-corrected chi connectivity index (χ3v) is 4.68. The molecule has 8 nitrogen and oxygen atoms in total. The van der Waals surface area contributed by atoms with Gasteiger partial charge in [0.05, 0.1) is 12.8 Å². The number of hydrogen-bond acceptors (Lipinski definition) is 6. The van der Waals surface area contributed by atoms with Crippen molar-refractivity contribution in [1.29, 1.82) is 0 Å². The third-order valence-electron chi connectivity index (χ3n) is 4.68. The second kappa shape index (κ2) is 9.76. The molecule has 0 aliphatic rings. The molecule has 4 aromatic rings. The van der Waals surface area contributed by atoms with E-state index in [2.05, 4.69) is 38.2 Å². The second-order valence-corrected chi connectivity index (χ2v) is 6.93. The highest BCUT2D eigenvalue weighted by molar-refractivity contribution is 5.99. The van der Waals surface area contributed by atoms with Crippen LogP contribution in [0.25, 0.3) is 22.3 Å². The van der Waals surface area contributed by atoms with E-state index in [-0.39, 0.29) is 5.91 Å². The minimum Gasteiger partial charge on any atom is -0.437 e. The van der Waals surface area contributed by atoms with Gasteiger partial charge >= 0.3 is 0 Å². The molecule has 0 radical (unpaired) electrons. The first-order valence-corrected chi connectivity index (χ1v) is 10.0. The Labute approximate surface area is 185 Å². The van der Waals surface area contributed by atoms with Crippen molar-refractivity contribution in [1.82, 2.24) is 15.0 Å². The number of anilines is 2. The monoisotopic (exact) mass is 429 g/mol. The lowest BCUT2D eigenvalue weighted by Crippen LogP contribution is -2.07. The molecule has 0 unspecified atom stereocenters. The van der Waals surface area contributed by atoms with E-state index >= 15 is 0 Å². The summed E-state index contributed by atoms with van der Waals surface area (Å²) in [6.45, 7) is 4.80. The lowest BCUT2D eigenvalue weighted by atomic mass is 10.1. The summed E-state index contributed by atoms with van der Waals surface area (Å²) in [5, 5.41) is 6.04. The fourth-order valence-electron chi connectivity index (χ4n) is 3.19. The summed E-state index contributed by atoms with van der Waals surface area (Å²) >= 11 is 0. The summed E-state index contributed by atoms with van der Waals surface area (Å²) in [4.78, 5) is 23.8. The summed E-state index contributed by atoms with van der Waals surface area (Å²) in [7, 11) is 1.68. The SMILES string of the molecule is C=CC(=O)Nc1cccc(Oc2cnc3[nH]cc(-c4cccc(NCCOC)c4)c3n2)c1. The van der Waals surface area contributed by atoms with Crippen LogP contribution in [0.3, 0.4) is 0 Å². The molecule has 0 saturated heterocycles. The van der Waals surface area contributed by atoms with Crippen LogP contribution in [-0.2, 0) is 9.53 Å². The fraction of sp³-hybridized carbons (Fsp3) is 0.125. The molecule has 0 aliphatic heterocycles. The molecular formula is C24H23N5O3. The number of hydrogen-bond donors (Lipinski definition) is 3. The predicted octanol–water partition coefficient (Wildman–Crippen LogP) is 4.60. The van der Waals surface area contributed by atoms with Crippen LogP contribution in [0.15, 0.2) is 73.6 Å². The number of H-pyrrole nitrogens is 1. The second-order valence-electron chi connectivity index (χ2n) is 6.93. The zero-order chi connectivity index (χ0) is 22.3. The van der Waals surface area contributed by atoms with Gasteiger partial charge in [0, 0.05) is 42.9 Å². The molecule has 8 heteroatoms. The standard InChI is InChI=1S/C24H23N5O3/c1-3-21(30)28-18-8-5-9-19(13-18)32-22-15-27-24-23(29-22)20(14-26-24)16-6-4-7-17(12-16)25-10-11-31-2/h3-9,12-15,25H,1,10-11H2,2H3,(H,26,27)(H,28,30). The number of nitrogens with zero attached hydrogens (tertiary/aromatic N) is 2. The van der Waals surface area contributed by atoms with Crippen LogP contribution in [0.2, 0.25) is 0 Å². The average molecular weight is 429 g/mol. The third kappa shape index (κ3) is 4.93. The van der Waals surface area contributed by atoms with E-state index < -0.39 is 0 Å². The maximum Gasteiger partial charge on any atom is 0.247 e. The summed E-state index contributed by atoms with van der Waals surface area (Å²) < 4.78 is 11.0. The quantitative estimate of drug-likeness (QED) is 0.266. The highest BCUT2D eigenvalue weighted by atomic mass is 16.5. The number of aromatic nitrogens is 3. The van der Waals surface area contributed by atoms with Crippen LogP contribution in [0.4, 0.5) is 11.4 Å². The van der Waals surface area contributed by atoms with Crippen LogP contribution in [0.1, 0.15) is 0 Å². The van der Waals surface area contributed by atoms with E-state index in [1.807, 2.05) is 24.4 Å². The molecular weight excluding hydrogens is 406 g/mol. The van der Waals surface area contributed by atoms with Crippen LogP contribution >= 0.6 is 0 Å². The van der Waals surface area contributed by atoms with Gasteiger partial charge < -0.3 is 25.1 Å². The molecule has 2 aromatic heterocycles. The van der Waals surface area contributed by atoms with E-state index in [9.17, 15) is 4.79 Å². The number of ether oxygens (including phenoxy) is 2. The highest BCUT2D eigenvalue weighted by Crippen LogP contribution is 2.30. The Morgan fingerprint density at radius 3 is 2.88 bits per heavy atom. The molecule has 2 heterocycles. The average Bonchev–Trinajstić information content (AvgIpc) is 3.23. The van der Waals surface area contributed by atoms with E-state index in [4.69, 9.17) is 9.47 Å².